The van der Waals surface area contributed by atoms with Gasteiger partial charge in [-0.1, -0.05) is 74.9 Å². The molecule has 3 aromatic carbocycles. The van der Waals surface area contributed by atoms with E-state index < -0.39 is 5.97 Å². The van der Waals surface area contributed by atoms with Crippen molar-refractivity contribution in [3.63, 3.8) is 0 Å². The third-order valence-corrected chi connectivity index (χ3v) is 7.51. The molecule has 39 heavy (non-hydrogen) atoms. The first-order valence-corrected chi connectivity index (χ1v) is 13.6. The van der Waals surface area contributed by atoms with Gasteiger partial charge in [0.15, 0.2) is 5.78 Å². The lowest BCUT2D eigenvalue weighted by atomic mass is 9.83. The Kier molecular flexibility index (Phi) is 9.49. The van der Waals surface area contributed by atoms with Crippen molar-refractivity contribution in [3.8, 4) is 0 Å². The van der Waals surface area contributed by atoms with Gasteiger partial charge in [-0.15, -0.1) is 0 Å². The quantitative estimate of drug-likeness (QED) is 0.316. The Balaban J connectivity index is 1.44. The van der Waals surface area contributed by atoms with Crippen LogP contribution in [-0.2, 0) is 27.2 Å². The summed E-state index contributed by atoms with van der Waals surface area (Å²) in [5.74, 6) is -1.05. The van der Waals surface area contributed by atoms with Crippen LogP contribution < -0.4 is 15.8 Å². The summed E-state index contributed by atoms with van der Waals surface area (Å²) in [6.45, 7) is 5.07. The maximum atomic E-state index is 13.4. The number of hydrazine groups is 1. The predicted molar refractivity (Wildman–Crippen MR) is 154 cm³/mol. The van der Waals surface area contributed by atoms with Gasteiger partial charge in [0.25, 0.3) is 0 Å². The molecule has 0 aliphatic carbocycles. The molecule has 3 aromatic rings. The second-order valence-corrected chi connectivity index (χ2v) is 10.3. The molecule has 0 radical (unpaired) electrons. The average Bonchev–Trinajstić information content (AvgIpc) is 2.94. The SMILES string of the molecule is CCC(C)C(C(=O)Nc1cccc(CCC(=O)O)c1)c1ccc(CC2CN(c3ccccc3)NCC2=O)cc1. The van der Waals surface area contributed by atoms with Crippen LogP contribution in [0.4, 0.5) is 11.4 Å². The molecular weight excluding hydrogens is 490 g/mol. The zero-order chi connectivity index (χ0) is 27.8. The fourth-order valence-electron chi connectivity index (χ4n) is 5.08. The van der Waals surface area contributed by atoms with Gasteiger partial charge in [0, 0.05) is 24.6 Å². The maximum Gasteiger partial charge on any atom is 0.303 e. The van der Waals surface area contributed by atoms with Gasteiger partial charge in [0.1, 0.15) is 0 Å². The van der Waals surface area contributed by atoms with Crippen molar-refractivity contribution in [2.75, 3.05) is 23.4 Å². The first-order valence-electron chi connectivity index (χ1n) is 13.6. The number of carbonyl (C=O) groups is 3. The molecule has 7 heteroatoms. The van der Waals surface area contributed by atoms with Gasteiger partial charge in [-0.2, -0.15) is 0 Å². The summed E-state index contributed by atoms with van der Waals surface area (Å²) in [5, 5.41) is 14.1. The highest BCUT2D eigenvalue weighted by Crippen LogP contribution is 2.30. The molecule has 1 fully saturated rings. The summed E-state index contributed by atoms with van der Waals surface area (Å²) in [7, 11) is 0. The smallest absolute Gasteiger partial charge is 0.303 e. The third-order valence-electron chi connectivity index (χ3n) is 7.51. The van der Waals surface area contributed by atoms with E-state index in [1.165, 1.54) is 0 Å². The predicted octanol–water partition coefficient (Wildman–Crippen LogP) is 5.22. The molecule has 204 valence electrons. The van der Waals surface area contributed by atoms with E-state index in [-0.39, 0.29) is 35.9 Å². The highest BCUT2D eigenvalue weighted by Gasteiger charge is 2.29. The van der Waals surface area contributed by atoms with Crippen LogP contribution in [0.1, 0.15) is 49.3 Å². The van der Waals surface area contributed by atoms with Crippen LogP contribution in [0.3, 0.4) is 0 Å². The van der Waals surface area contributed by atoms with E-state index >= 15 is 0 Å². The number of nitrogens with zero attached hydrogens (tertiary/aromatic N) is 1. The standard InChI is InChI=1S/C32H37N3O4/c1-3-22(2)31(32(39)34-27-9-7-8-23(19-27)14-17-30(37)38)25-15-12-24(13-16-25)18-26-21-35(33-20-29(26)36)28-10-5-4-6-11-28/h4-13,15-16,19,22,26,31,33H,3,14,17-18,20-21H2,1-2H3,(H,34,39)(H,37,38). The van der Waals surface area contributed by atoms with Crippen molar-refractivity contribution in [1.82, 2.24) is 5.43 Å². The van der Waals surface area contributed by atoms with E-state index in [0.29, 0.717) is 31.6 Å². The van der Waals surface area contributed by atoms with Gasteiger partial charge in [-0.05, 0) is 59.7 Å². The number of anilines is 2. The first-order chi connectivity index (χ1) is 18.8. The minimum Gasteiger partial charge on any atom is -0.481 e. The number of amides is 1. The van der Waals surface area contributed by atoms with Crippen molar-refractivity contribution in [1.29, 1.82) is 0 Å². The van der Waals surface area contributed by atoms with Gasteiger partial charge in [-0.3, -0.25) is 14.4 Å². The minimum atomic E-state index is -0.845. The Morgan fingerprint density at radius 2 is 1.77 bits per heavy atom. The second-order valence-electron chi connectivity index (χ2n) is 10.3. The molecule has 0 aromatic heterocycles. The number of aryl methyl sites for hydroxylation is 1. The number of hydrogen-bond donors (Lipinski definition) is 3. The number of aliphatic carboxylic acids is 1. The number of carboxylic acid groups (broad SMARTS) is 1. The van der Waals surface area contributed by atoms with Crippen molar-refractivity contribution in [3.05, 3.63) is 95.6 Å². The summed E-state index contributed by atoms with van der Waals surface area (Å²) in [4.78, 5) is 37.0. The number of benzene rings is 3. The van der Waals surface area contributed by atoms with Crippen molar-refractivity contribution < 1.29 is 19.5 Å². The molecule has 1 heterocycles. The summed E-state index contributed by atoms with van der Waals surface area (Å²) < 4.78 is 0. The Morgan fingerprint density at radius 1 is 1.03 bits per heavy atom. The molecule has 0 bridgehead atoms. The van der Waals surface area contributed by atoms with Crippen molar-refractivity contribution >= 4 is 29.0 Å². The van der Waals surface area contributed by atoms with E-state index in [4.69, 9.17) is 5.11 Å². The number of rotatable bonds is 11. The maximum absolute atomic E-state index is 13.4. The number of carboxylic acids is 1. The molecule has 1 aliphatic rings. The Hall–Kier alpha value is -3.97. The number of nitrogens with one attached hydrogen (secondary N) is 2. The minimum absolute atomic E-state index is 0.0481. The monoisotopic (exact) mass is 527 g/mol. The molecule has 3 atom stereocenters. The number of ketones is 1. The number of Topliss-reactive ketones (excluding diaryl/α,β-unsaturated/α-hetero) is 1. The molecule has 7 nitrogen and oxygen atoms in total. The van der Waals surface area contributed by atoms with Gasteiger partial charge in [0.05, 0.1) is 18.2 Å². The zero-order valence-corrected chi connectivity index (χ0v) is 22.6. The topological polar surface area (TPSA) is 98.7 Å². The fourth-order valence-corrected chi connectivity index (χ4v) is 5.08. The van der Waals surface area contributed by atoms with E-state index in [0.717, 1.165) is 28.8 Å². The molecule has 3 N–H and O–H groups in total. The van der Waals surface area contributed by atoms with Gasteiger partial charge < -0.3 is 15.4 Å². The Labute approximate surface area is 230 Å². The van der Waals surface area contributed by atoms with Crippen LogP contribution in [0.15, 0.2) is 78.9 Å². The van der Waals surface area contributed by atoms with Crippen LogP contribution in [0, 0.1) is 11.8 Å². The molecule has 0 saturated carbocycles. The van der Waals surface area contributed by atoms with Crippen LogP contribution in [0.25, 0.3) is 0 Å². The van der Waals surface area contributed by atoms with E-state index in [9.17, 15) is 14.4 Å². The van der Waals surface area contributed by atoms with E-state index in [1.54, 1.807) is 0 Å². The molecule has 3 unspecified atom stereocenters. The third kappa shape index (κ3) is 7.54. The van der Waals surface area contributed by atoms with Crippen molar-refractivity contribution in [2.24, 2.45) is 11.8 Å². The van der Waals surface area contributed by atoms with Gasteiger partial charge in [-0.25, -0.2) is 5.43 Å². The normalized spacial score (nSPS) is 16.9. The molecule has 4 rings (SSSR count). The first kappa shape index (κ1) is 28.0. The molecule has 0 spiro atoms. The van der Waals surface area contributed by atoms with Crippen LogP contribution >= 0.6 is 0 Å². The summed E-state index contributed by atoms with van der Waals surface area (Å²) in [6.07, 6.45) is 1.95. The fraction of sp³-hybridized carbons (Fsp3) is 0.344. The summed E-state index contributed by atoms with van der Waals surface area (Å²) in [6, 6.07) is 25.5. The van der Waals surface area contributed by atoms with Crippen LogP contribution in [0.5, 0.6) is 0 Å². The number of para-hydroxylation sites is 1. The highest BCUT2D eigenvalue weighted by atomic mass is 16.4. The van der Waals surface area contributed by atoms with Crippen LogP contribution in [-0.4, -0.2) is 35.9 Å². The van der Waals surface area contributed by atoms with E-state index in [2.05, 4.69) is 24.6 Å². The molecule has 1 saturated heterocycles. The van der Waals surface area contributed by atoms with Crippen molar-refractivity contribution in [2.45, 2.75) is 45.4 Å². The zero-order valence-electron chi connectivity index (χ0n) is 22.6. The van der Waals surface area contributed by atoms with E-state index in [1.807, 2.05) is 83.9 Å². The number of carbonyl (C=O) groups excluding carboxylic acids is 2. The summed E-state index contributed by atoms with van der Waals surface area (Å²) >= 11 is 0. The summed E-state index contributed by atoms with van der Waals surface area (Å²) in [5.41, 5.74) is 7.80. The largest absolute Gasteiger partial charge is 0.481 e. The Morgan fingerprint density at radius 3 is 2.46 bits per heavy atom. The lowest BCUT2D eigenvalue weighted by Crippen LogP contribution is -2.52. The lowest BCUT2D eigenvalue weighted by Gasteiger charge is -2.34. The lowest BCUT2D eigenvalue weighted by molar-refractivity contribution is -0.137. The van der Waals surface area contributed by atoms with Gasteiger partial charge in [0.2, 0.25) is 5.91 Å². The number of hydrogen-bond acceptors (Lipinski definition) is 5. The Bertz CT molecular complexity index is 1280. The highest BCUT2D eigenvalue weighted by molar-refractivity contribution is 5.96. The molecule has 1 amide bonds. The van der Waals surface area contributed by atoms with Crippen LogP contribution in [0.2, 0.25) is 0 Å². The molecule has 1 aliphatic heterocycles. The molecular formula is C32H37N3O4. The average molecular weight is 528 g/mol. The van der Waals surface area contributed by atoms with Gasteiger partial charge >= 0.3 is 5.97 Å². The second kappa shape index (κ2) is 13.2.